The predicted molar refractivity (Wildman–Crippen MR) is 86.5 cm³/mol. The molecular formula is C15H21ClFN3O2. The van der Waals surface area contributed by atoms with Gasteiger partial charge < -0.3 is 16.4 Å². The number of benzene rings is 1. The molecule has 2 rings (SSSR count). The first-order chi connectivity index (χ1) is 9.95. The van der Waals surface area contributed by atoms with Crippen LogP contribution >= 0.6 is 12.4 Å². The lowest BCUT2D eigenvalue weighted by Crippen LogP contribution is -2.34. The highest BCUT2D eigenvalue weighted by Gasteiger charge is 2.25. The Hall–Kier alpha value is -1.66. The quantitative estimate of drug-likeness (QED) is 0.797. The van der Waals surface area contributed by atoms with Gasteiger partial charge in [-0.25, -0.2) is 4.39 Å². The van der Waals surface area contributed by atoms with E-state index in [2.05, 4.69) is 10.6 Å². The molecule has 0 spiro atoms. The number of anilines is 2. The molecule has 0 saturated heterocycles. The molecule has 1 saturated carbocycles. The molecule has 2 unspecified atom stereocenters. The topological polar surface area (TPSA) is 84.2 Å². The summed E-state index contributed by atoms with van der Waals surface area (Å²) >= 11 is 0. The maximum atomic E-state index is 13.5. The second-order valence-corrected chi connectivity index (χ2v) is 5.49. The summed E-state index contributed by atoms with van der Waals surface area (Å²) in [6, 6.07) is 4.17. The standard InChI is InChI=1S/C15H20FN3O2.ClH/c1-9(20)18-14-8-12(5-6-13(14)16)19-15(21)10-3-2-4-11(17)7-10;/h5-6,8,10-11H,2-4,7,17H2,1H3,(H,18,20)(H,19,21);1H. The highest BCUT2D eigenvalue weighted by atomic mass is 35.5. The van der Waals surface area contributed by atoms with Crippen LogP contribution in [-0.2, 0) is 9.59 Å². The van der Waals surface area contributed by atoms with Crippen molar-refractivity contribution in [2.75, 3.05) is 10.6 Å². The summed E-state index contributed by atoms with van der Waals surface area (Å²) in [5.74, 6) is -1.12. The molecule has 7 heteroatoms. The van der Waals surface area contributed by atoms with Gasteiger partial charge in [0.05, 0.1) is 5.69 Å². The smallest absolute Gasteiger partial charge is 0.227 e. The molecular weight excluding hydrogens is 309 g/mol. The molecule has 1 aliphatic rings. The number of rotatable bonds is 3. The predicted octanol–water partition coefficient (Wildman–Crippen LogP) is 2.66. The van der Waals surface area contributed by atoms with Crippen LogP contribution in [0.5, 0.6) is 0 Å². The van der Waals surface area contributed by atoms with Crippen molar-refractivity contribution in [2.24, 2.45) is 11.7 Å². The Bertz CT molecular complexity index is 554. The summed E-state index contributed by atoms with van der Waals surface area (Å²) in [6.07, 6.45) is 3.39. The van der Waals surface area contributed by atoms with Gasteiger partial charge in [-0.05, 0) is 37.5 Å². The van der Waals surface area contributed by atoms with Crippen molar-refractivity contribution >= 4 is 35.6 Å². The molecule has 1 aromatic rings. The Morgan fingerprint density at radius 3 is 2.64 bits per heavy atom. The molecule has 0 bridgehead atoms. The van der Waals surface area contributed by atoms with Crippen LogP contribution < -0.4 is 16.4 Å². The maximum Gasteiger partial charge on any atom is 0.227 e. The van der Waals surface area contributed by atoms with E-state index in [-0.39, 0.29) is 41.9 Å². The number of carbonyl (C=O) groups is 2. The minimum Gasteiger partial charge on any atom is -0.328 e. The Labute approximate surface area is 135 Å². The van der Waals surface area contributed by atoms with Crippen molar-refractivity contribution in [2.45, 2.75) is 38.6 Å². The fourth-order valence-corrected chi connectivity index (χ4v) is 2.60. The summed E-state index contributed by atoms with van der Waals surface area (Å²) in [6.45, 7) is 1.30. The van der Waals surface area contributed by atoms with Gasteiger partial charge in [-0.2, -0.15) is 0 Å². The summed E-state index contributed by atoms with van der Waals surface area (Å²) in [5.41, 5.74) is 6.40. The molecule has 0 heterocycles. The minimum atomic E-state index is -0.539. The van der Waals surface area contributed by atoms with E-state index in [4.69, 9.17) is 5.73 Å². The molecule has 0 radical (unpaired) electrons. The monoisotopic (exact) mass is 329 g/mol. The van der Waals surface area contributed by atoms with E-state index in [0.717, 1.165) is 19.3 Å². The summed E-state index contributed by atoms with van der Waals surface area (Å²) in [5, 5.41) is 5.15. The molecule has 2 amide bonds. The summed E-state index contributed by atoms with van der Waals surface area (Å²) < 4.78 is 13.5. The van der Waals surface area contributed by atoms with Gasteiger partial charge in [-0.3, -0.25) is 9.59 Å². The highest BCUT2D eigenvalue weighted by Crippen LogP contribution is 2.25. The number of amides is 2. The number of hydrogen-bond donors (Lipinski definition) is 3. The van der Waals surface area contributed by atoms with E-state index in [0.29, 0.717) is 12.1 Å². The number of carbonyl (C=O) groups excluding carboxylic acids is 2. The van der Waals surface area contributed by atoms with Gasteiger partial charge in [0, 0.05) is 24.6 Å². The third-order valence-electron chi connectivity index (χ3n) is 3.63. The number of nitrogens with two attached hydrogens (primary N) is 1. The van der Waals surface area contributed by atoms with Crippen LogP contribution in [0.4, 0.5) is 15.8 Å². The van der Waals surface area contributed by atoms with Gasteiger partial charge in [0.25, 0.3) is 0 Å². The van der Waals surface area contributed by atoms with Crippen molar-refractivity contribution in [3.63, 3.8) is 0 Å². The van der Waals surface area contributed by atoms with Crippen LogP contribution in [0.1, 0.15) is 32.6 Å². The molecule has 1 aliphatic carbocycles. The second kappa shape index (κ2) is 8.10. The number of hydrogen-bond acceptors (Lipinski definition) is 3. The Morgan fingerprint density at radius 2 is 2.00 bits per heavy atom. The van der Waals surface area contributed by atoms with Crippen molar-refractivity contribution in [3.8, 4) is 0 Å². The molecule has 22 heavy (non-hydrogen) atoms. The lowest BCUT2D eigenvalue weighted by atomic mass is 9.85. The molecule has 4 N–H and O–H groups in total. The fourth-order valence-electron chi connectivity index (χ4n) is 2.60. The highest BCUT2D eigenvalue weighted by molar-refractivity contribution is 5.94. The van der Waals surface area contributed by atoms with Crippen LogP contribution in [0.25, 0.3) is 0 Å². The summed E-state index contributed by atoms with van der Waals surface area (Å²) in [4.78, 5) is 23.2. The van der Waals surface area contributed by atoms with E-state index in [1.807, 2.05) is 0 Å². The van der Waals surface area contributed by atoms with Crippen LogP contribution in [0.15, 0.2) is 18.2 Å². The first-order valence-electron chi connectivity index (χ1n) is 7.09. The zero-order valence-electron chi connectivity index (χ0n) is 12.4. The van der Waals surface area contributed by atoms with Crippen LogP contribution in [-0.4, -0.2) is 17.9 Å². The largest absolute Gasteiger partial charge is 0.328 e. The van der Waals surface area contributed by atoms with Crippen LogP contribution in [0.3, 0.4) is 0 Å². The van der Waals surface area contributed by atoms with E-state index < -0.39 is 5.82 Å². The average molecular weight is 330 g/mol. The Kier molecular flexibility index (Phi) is 6.77. The van der Waals surface area contributed by atoms with Gasteiger partial charge in [0.15, 0.2) is 0 Å². The Morgan fingerprint density at radius 1 is 1.27 bits per heavy atom. The van der Waals surface area contributed by atoms with Crippen molar-refractivity contribution in [3.05, 3.63) is 24.0 Å². The van der Waals surface area contributed by atoms with Crippen molar-refractivity contribution in [1.82, 2.24) is 0 Å². The third-order valence-corrected chi connectivity index (χ3v) is 3.63. The second-order valence-electron chi connectivity index (χ2n) is 5.49. The van der Waals surface area contributed by atoms with Crippen LogP contribution in [0, 0.1) is 11.7 Å². The third kappa shape index (κ3) is 4.96. The maximum absolute atomic E-state index is 13.5. The first kappa shape index (κ1) is 18.4. The van der Waals surface area contributed by atoms with Crippen molar-refractivity contribution in [1.29, 1.82) is 0 Å². The van der Waals surface area contributed by atoms with Gasteiger partial charge in [0.2, 0.25) is 11.8 Å². The van der Waals surface area contributed by atoms with E-state index in [1.165, 1.54) is 25.1 Å². The SMILES string of the molecule is CC(=O)Nc1cc(NC(=O)C2CCCC(N)C2)ccc1F.Cl. The number of halogens is 2. The fraction of sp³-hybridized carbons (Fsp3) is 0.467. The molecule has 0 aromatic heterocycles. The zero-order chi connectivity index (χ0) is 15.4. The minimum absolute atomic E-state index is 0. The Balaban J connectivity index is 0.00000242. The summed E-state index contributed by atoms with van der Waals surface area (Å²) in [7, 11) is 0. The molecule has 2 atom stereocenters. The van der Waals surface area contributed by atoms with E-state index >= 15 is 0 Å². The average Bonchev–Trinajstić information content (AvgIpc) is 2.42. The first-order valence-corrected chi connectivity index (χ1v) is 7.09. The lowest BCUT2D eigenvalue weighted by Gasteiger charge is -2.25. The zero-order valence-corrected chi connectivity index (χ0v) is 13.2. The van der Waals surface area contributed by atoms with Gasteiger partial charge >= 0.3 is 0 Å². The molecule has 5 nitrogen and oxygen atoms in total. The van der Waals surface area contributed by atoms with Gasteiger partial charge in [-0.15, -0.1) is 12.4 Å². The van der Waals surface area contributed by atoms with Gasteiger partial charge in [-0.1, -0.05) is 6.42 Å². The van der Waals surface area contributed by atoms with E-state index in [9.17, 15) is 14.0 Å². The van der Waals surface area contributed by atoms with Crippen LogP contribution in [0.2, 0.25) is 0 Å². The molecule has 122 valence electrons. The van der Waals surface area contributed by atoms with E-state index in [1.54, 1.807) is 0 Å². The lowest BCUT2D eigenvalue weighted by molar-refractivity contribution is -0.121. The molecule has 1 fully saturated rings. The molecule has 0 aliphatic heterocycles. The number of nitrogens with one attached hydrogen (secondary N) is 2. The molecule has 1 aromatic carbocycles. The van der Waals surface area contributed by atoms with Crippen molar-refractivity contribution < 1.29 is 14.0 Å². The normalized spacial score (nSPS) is 20.7. The van der Waals surface area contributed by atoms with Gasteiger partial charge in [0.1, 0.15) is 5.82 Å².